The highest BCUT2D eigenvalue weighted by molar-refractivity contribution is 9.10. The highest BCUT2D eigenvalue weighted by atomic mass is 79.9. The molecule has 0 bridgehead atoms. The fourth-order valence-corrected chi connectivity index (χ4v) is 5.13. The van der Waals surface area contributed by atoms with Gasteiger partial charge in [-0.2, -0.15) is 9.78 Å². The number of furan rings is 1. The summed E-state index contributed by atoms with van der Waals surface area (Å²) in [6.45, 7) is 1.11. The standard InChI is InChI=1S/C33H23BrFN5O7/c1-2-45-28-14-19(13-26(40(43)44)31(28)46-18-30(41)37-25-10-6-4-8-23(25)35)17-36-39-32(38-24-9-5-3-7-22(24)33(39)42)29-16-20-15-21(34)11-12-27(20)47-29/h3-17H,2,18H2,1H3,(H,37,41). The summed E-state index contributed by atoms with van der Waals surface area (Å²) in [4.78, 5) is 42.2. The van der Waals surface area contributed by atoms with Gasteiger partial charge in [-0.1, -0.05) is 40.2 Å². The maximum Gasteiger partial charge on any atom is 0.315 e. The Bertz CT molecular complexity index is 2270. The van der Waals surface area contributed by atoms with Crippen LogP contribution in [0.15, 0.2) is 104 Å². The van der Waals surface area contributed by atoms with Crippen LogP contribution in [0.3, 0.4) is 0 Å². The Labute approximate surface area is 273 Å². The summed E-state index contributed by atoms with van der Waals surface area (Å²) in [6.07, 6.45) is 1.24. The summed E-state index contributed by atoms with van der Waals surface area (Å²) in [5.74, 6) is -1.37. The van der Waals surface area contributed by atoms with Crippen LogP contribution in [-0.2, 0) is 4.79 Å². The van der Waals surface area contributed by atoms with E-state index >= 15 is 0 Å². The molecule has 0 radical (unpaired) electrons. The van der Waals surface area contributed by atoms with Crippen LogP contribution in [0.2, 0.25) is 0 Å². The second-order valence-corrected chi connectivity index (χ2v) is 10.9. The van der Waals surface area contributed by atoms with E-state index in [-0.39, 0.29) is 40.9 Å². The number of benzene rings is 4. The summed E-state index contributed by atoms with van der Waals surface area (Å²) >= 11 is 3.44. The zero-order chi connectivity index (χ0) is 33.1. The monoisotopic (exact) mass is 699 g/mol. The lowest BCUT2D eigenvalue weighted by atomic mass is 10.2. The van der Waals surface area contributed by atoms with Gasteiger partial charge in [-0.05, 0) is 61.5 Å². The molecule has 2 heterocycles. The van der Waals surface area contributed by atoms with Crippen LogP contribution in [0.1, 0.15) is 12.5 Å². The Balaban J connectivity index is 1.38. The molecule has 0 fully saturated rings. The van der Waals surface area contributed by atoms with Gasteiger partial charge in [0.25, 0.3) is 11.5 Å². The number of ether oxygens (including phenoxy) is 2. The van der Waals surface area contributed by atoms with Gasteiger partial charge in [0.2, 0.25) is 11.6 Å². The number of nitrogens with one attached hydrogen (secondary N) is 1. The van der Waals surface area contributed by atoms with E-state index in [1.54, 1.807) is 49.4 Å². The average Bonchev–Trinajstić information content (AvgIpc) is 3.48. The van der Waals surface area contributed by atoms with E-state index in [2.05, 4.69) is 31.3 Å². The zero-order valence-electron chi connectivity index (χ0n) is 24.5. The molecule has 0 saturated heterocycles. The first-order valence-corrected chi connectivity index (χ1v) is 14.9. The fourth-order valence-electron chi connectivity index (χ4n) is 4.75. The predicted octanol–water partition coefficient (Wildman–Crippen LogP) is 6.92. The number of nitrogens with zero attached hydrogens (tertiary/aromatic N) is 4. The molecule has 47 heavy (non-hydrogen) atoms. The molecule has 0 atom stereocenters. The number of halogens is 2. The summed E-state index contributed by atoms with van der Waals surface area (Å²) in [5.41, 5.74) is 0.0852. The molecule has 0 saturated carbocycles. The normalized spacial score (nSPS) is 11.3. The molecule has 0 aliphatic rings. The number of anilines is 1. The van der Waals surface area contributed by atoms with Gasteiger partial charge in [0.1, 0.15) is 11.4 Å². The number of nitro benzene ring substituents is 1. The third-order valence-corrected chi connectivity index (χ3v) is 7.32. The van der Waals surface area contributed by atoms with Gasteiger partial charge in [-0.3, -0.25) is 19.7 Å². The third kappa shape index (κ3) is 6.58. The topological polar surface area (TPSA) is 151 Å². The molecule has 6 aromatic rings. The summed E-state index contributed by atoms with van der Waals surface area (Å²) in [6, 6.07) is 22.1. The predicted molar refractivity (Wildman–Crippen MR) is 177 cm³/mol. The van der Waals surface area contributed by atoms with Crippen molar-refractivity contribution in [2.24, 2.45) is 5.10 Å². The Morgan fingerprint density at radius 2 is 1.89 bits per heavy atom. The highest BCUT2D eigenvalue weighted by Crippen LogP contribution is 2.38. The lowest BCUT2D eigenvalue weighted by Gasteiger charge is -2.13. The SMILES string of the molecule is CCOc1cc(C=Nn2c(-c3cc4cc(Br)ccc4o3)nc3ccccc3c2=O)cc([N+](=O)[O-])c1OCC(=O)Nc1ccccc1F. The molecule has 2 aromatic heterocycles. The van der Waals surface area contributed by atoms with E-state index in [9.17, 15) is 24.1 Å². The molecule has 0 aliphatic carbocycles. The molecule has 0 spiro atoms. The quantitative estimate of drug-likeness (QED) is 0.0919. The van der Waals surface area contributed by atoms with Gasteiger partial charge in [0, 0.05) is 21.5 Å². The van der Waals surface area contributed by atoms with E-state index < -0.39 is 34.5 Å². The lowest BCUT2D eigenvalue weighted by Crippen LogP contribution is -2.21. The zero-order valence-corrected chi connectivity index (χ0v) is 26.1. The molecule has 1 N–H and O–H groups in total. The maximum absolute atomic E-state index is 14.0. The first-order chi connectivity index (χ1) is 22.7. The van der Waals surface area contributed by atoms with Crippen molar-refractivity contribution in [2.45, 2.75) is 6.92 Å². The van der Waals surface area contributed by atoms with Gasteiger partial charge in [0.05, 0.1) is 34.3 Å². The number of hydrogen-bond acceptors (Lipinski definition) is 9. The minimum absolute atomic E-state index is 0.0473. The van der Waals surface area contributed by atoms with Gasteiger partial charge in [-0.15, -0.1) is 0 Å². The number of nitro groups is 1. The number of para-hydroxylation sites is 2. The maximum atomic E-state index is 14.0. The van der Waals surface area contributed by atoms with Crippen LogP contribution < -0.4 is 20.3 Å². The van der Waals surface area contributed by atoms with Gasteiger partial charge >= 0.3 is 5.69 Å². The van der Waals surface area contributed by atoms with Gasteiger partial charge in [-0.25, -0.2) is 9.37 Å². The molecule has 0 unspecified atom stereocenters. The number of carbonyl (C=O) groups is 1. The molecule has 6 rings (SSSR count). The molecule has 14 heteroatoms. The Hall–Kier alpha value is -5.89. The summed E-state index contributed by atoms with van der Waals surface area (Å²) < 4.78 is 33.0. The summed E-state index contributed by atoms with van der Waals surface area (Å²) in [5, 5.41) is 19.9. The second kappa shape index (κ2) is 13.2. The minimum atomic E-state index is -0.744. The van der Waals surface area contributed by atoms with Crippen molar-refractivity contribution in [3.8, 4) is 23.1 Å². The molecule has 236 valence electrons. The van der Waals surface area contributed by atoms with Crippen molar-refractivity contribution in [1.29, 1.82) is 0 Å². The largest absolute Gasteiger partial charge is 0.490 e. The summed E-state index contributed by atoms with van der Waals surface area (Å²) in [7, 11) is 0. The fraction of sp³-hybridized carbons (Fsp3) is 0.0909. The highest BCUT2D eigenvalue weighted by Gasteiger charge is 2.24. The van der Waals surface area contributed by atoms with Gasteiger partial charge < -0.3 is 19.2 Å². The van der Waals surface area contributed by atoms with E-state index in [4.69, 9.17) is 13.9 Å². The molecule has 0 aliphatic heterocycles. The molecule has 12 nitrogen and oxygen atoms in total. The number of fused-ring (bicyclic) bond motifs is 2. The Morgan fingerprint density at radius 3 is 2.68 bits per heavy atom. The first kappa shape index (κ1) is 31.1. The number of amides is 1. The molecular weight excluding hydrogens is 677 g/mol. The molecule has 4 aromatic carbocycles. The van der Waals surface area contributed by atoms with E-state index in [1.807, 2.05) is 12.1 Å². The van der Waals surface area contributed by atoms with E-state index in [0.29, 0.717) is 16.5 Å². The molecular formula is C33H23BrFN5O7. The smallest absolute Gasteiger partial charge is 0.315 e. The lowest BCUT2D eigenvalue weighted by molar-refractivity contribution is -0.385. The van der Waals surface area contributed by atoms with Crippen molar-refractivity contribution in [2.75, 3.05) is 18.5 Å². The number of carbonyl (C=O) groups excluding carboxylic acids is 1. The average molecular weight is 700 g/mol. The Kier molecular flexibility index (Phi) is 8.75. The van der Waals surface area contributed by atoms with Crippen molar-refractivity contribution in [3.05, 3.63) is 121 Å². The van der Waals surface area contributed by atoms with Crippen LogP contribution >= 0.6 is 15.9 Å². The van der Waals surface area contributed by atoms with Crippen LogP contribution in [0.4, 0.5) is 15.8 Å². The van der Waals surface area contributed by atoms with Crippen molar-refractivity contribution in [1.82, 2.24) is 9.66 Å². The van der Waals surface area contributed by atoms with Crippen molar-refractivity contribution < 1.29 is 28.0 Å². The number of rotatable bonds is 10. The first-order valence-electron chi connectivity index (χ1n) is 14.1. The van der Waals surface area contributed by atoms with E-state index in [1.165, 1.54) is 30.5 Å². The number of hydrogen-bond donors (Lipinski definition) is 1. The molecule has 1 amide bonds. The van der Waals surface area contributed by atoms with Crippen molar-refractivity contribution in [3.63, 3.8) is 0 Å². The number of aromatic nitrogens is 2. The van der Waals surface area contributed by atoms with Gasteiger partial charge in [0.15, 0.2) is 18.1 Å². The van der Waals surface area contributed by atoms with Crippen LogP contribution in [0.5, 0.6) is 11.5 Å². The van der Waals surface area contributed by atoms with Crippen LogP contribution in [0.25, 0.3) is 33.5 Å². The second-order valence-electron chi connectivity index (χ2n) is 9.98. The van der Waals surface area contributed by atoms with Crippen molar-refractivity contribution >= 4 is 61.3 Å². The van der Waals surface area contributed by atoms with E-state index in [0.717, 1.165) is 20.6 Å². The Morgan fingerprint density at radius 1 is 1.11 bits per heavy atom. The third-order valence-electron chi connectivity index (χ3n) is 6.82. The van der Waals surface area contributed by atoms with Crippen LogP contribution in [-0.4, -0.2) is 39.9 Å². The van der Waals surface area contributed by atoms with Crippen LogP contribution in [0, 0.1) is 15.9 Å². The minimum Gasteiger partial charge on any atom is -0.490 e.